The molecule has 0 unspecified atom stereocenters. The first-order valence-electron chi connectivity index (χ1n) is 9.68. The summed E-state index contributed by atoms with van der Waals surface area (Å²) in [7, 11) is 0. The number of hydrogen-bond acceptors (Lipinski definition) is 3. The third kappa shape index (κ3) is 5.88. The lowest BCUT2D eigenvalue weighted by Gasteiger charge is -2.12. The molecule has 0 saturated carbocycles. The van der Waals surface area contributed by atoms with Crippen molar-refractivity contribution in [2.45, 2.75) is 20.0 Å². The van der Waals surface area contributed by atoms with Crippen molar-refractivity contribution in [1.29, 1.82) is 5.26 Å². The fraction of sp³-hybridized carbons (Fsp3) is 0.120. The lowest BCUT2D eigenvalue weighted by molar-refractivity contribution is -0.112. The normalized spacial score (nSPS) is 11.0. The van der Waals surface area contributed by atoms with Crippen molar-refractivity contribution in [3.05, 3.63) is 99.0 Å². The molecule has 0 spiro atoms. The van der Waals surface area contributed by atoms with Crippen molar-refractivity contribution < 1.29 is 9.53 Å². The van der Waals surface area contributed by atoms with Crippen LogP contribution in [0.3, 0.4) is 0 Å². The zero-order chi connectivity index (χ0) is 22.2. The van der Waals surface area contributed by atoms with E-state index in [0.29, 0.717) is 27.0 Å². The van der Waals surface area contributed by atoms with Crippen LogP contribution in [0, 0.1) is 11.3 Å². The predicted octanol–water partition coefficient (Wildman–Crippen LogP) is 6.68. The lowest BCUT2D eigenvalue weighted by Crippen LogP contribution is -2.14. The number of rotatable bonds is 7. The molecule has 0 aromatic heterocycles. The van der Waals surface area contributed by atoms with Gasteiger partial charge in [-0.25, -0.2) is 0 Å². The van der Waals surface area contributed by atoms with Gasteiger partial charge in [0.25, 0.3) is 5.91 Å². The third-order valence-electron chi connectivity index (χ3n) is 4.63. The fourth-order valence-electron chi connectivity index (χ4n) is 2.97. The SMILES string of the molecule is CCc1ccccc1NC(=O)/C(C#N)=C/c1ccccc1OCc1ccc(Cl)cc1Cl. The van der Waals surface area contributed by atoms with Crippen LogP contribution in [-0.4, -0.2) is 5.91 Å². The number of carbonyl (C=O) groups is 1. The second-order valence-corrected chi connectivity index (χ2v) is 7.54. The molecular formula is C25H20Cl2N2O2. The minimum absolute atomic E-state index is 0.0218. The highest BCUT2D eigenvalue weighted by Gasteiger charge is 2.13. The van der Waals surface area contributed by atoms with Gasteiger partial charge in [-0.05, 0) is 42.3 Å². The van der Waals surface area contributed by atoms with E-state index >= 15 is 0 Å². The Hall–Kier alpha value is -3.26. The summed E-state index contributed by atoms with van der Waals surface area (Å²) in [4.78, 5) is 12.7. The van der Waals surface area contributed by atoms with Gasteiger partial charge in [0.2, 0.25) is 0 Å². The van der Waals surface area contributed by atoms with Gasteiger partial charge in [-0.15, -0.1) is 0 Å². The molecule has 0 atom stereocenters. The van der Waals surface area contributed by atoms with Crippen LogP contribution >= 0.6 is 23.2 Å². The fourth-order valence-corrected chi connectivity index (χ4v) is 3.43. The molecule has 0 aliphatic rings. The van der Waals surface area contributed by atoms with Gasteiger partial charge in [-0.2, -0.15) is 5.26 Å². The Bertz CT molecular complexity index is 1170. The first-order valence-corrected chi connectivity index (χ1v) is 10.4. The Morgan fingerprint density at radius 1 is 1.06 bits per heavy atom. The number of amides is 1. The van der Waals surface area contributed by atoms with E-state index in [0.717, 1.165) is 17.5 Å². The van der Waals surface area contributed by atoms with Gasteiger partial charge in [-0.1, -0.05) is 72.6 Å². The Morgan fingerprint density at radius 2 is 1.81 bits per heavy atom. The standard InChI is InChI=1S/C25H20Cl2N2O2/c1-2-17-7-3-5-9-23(17)29-25(30)20(15-28)13-18-8-4-6-10-24(18)31-16-19-11-12-21(26)14-22(19)27/h3-14H,2,16H2,1H3,(H,29,30)/b20-13+. The van der Waals surface area contributed by atoms with Gasteiger partial charge in [-0.3, -0.25) is 4.79 Å². The Balaban J connectivity index is 1.81. The van der Waals surface area contributed by atoms with Crippen molar-refractivity contribution in [2.75, 3.05) is 5.32 Å². The minimum Gasteiger partial charge on any atom is -0.488 e. The zero-order valence-corrected chi connectivity index (χ0v) is 18.4. The summed E-state index contributed by atoms with van der Waals surface area (Å²) in [6.45, 7) is 2.23. The highest BCUT2D eigenvalue weighted by atomic mass is 35.5. The highest BCUT2D eigenvalue weighted by Crippen LogP contribution is 2.26. The maximum Gasteiger partial charge on any atom is 0.266 e. The monoisotopic (exact) mass is 450 g/mol. The van der Waals surface area contributed by atoms with Crippen LogP contribution in [0.1, 0.15) is 23.6 Å². The lowest BCUT2D eigenvalue weighted by atomic mass is 10.1. The van der Waals surface area contributed by atoms with E-state index in [4.69, 9.17) is 27.9 Å². The molecular weight excluding hydrogens is 431 g/mol. The van der Waals surface area contributed by atoms with Crippen LogP contribution < -0.4 is 10.1 Å². The summed E-state index contributed by atoms with van der Waals surface area (Å²) < 4.78 is 5.91. The number of nitrogens with zero attached hydrogens (tertiary/aromatic N) is 1. The van der Waals surface area contributed by atoms with Gasteiger partial charge < -0.3 is 10.1 Å². The summed E-state index contributed by atoms with van der Waals surface area (Å²) in [6.07, 6.45) is 2.29. The highest BCUT2D eigenvalue weighted by molar-refractivity contribution is 6.35. The first kappa shape index (κ1) is 22.4. The van der Waals surface area contributed by atoms with Gasteiger partial charge >= 0.3 is 0 Å². The summed E-state index contributed by atoms with van der Waals surface area (Å²) in [5, 5.41) is 13.5. The van der Waals surface area contributed by atoms with E-state index in [9.17, 15) is 10.1 Å². The number of halogens is 2. The average Bonchev–Trinajstić information content (AvgIpc) is 2.77. The second-order valence-electron chi connectivity index (χ2n) is 6.70. The second kappa shape index (κ2) is 10.7. The molecule has 6 heteroatoms. The first-order chi connectivity index (χ1) is 15.0. The van der Waals surface area contributed by atoms with Gasteiger partial charge in [0.1, 0.15) is 24.0 Å². The van der Waals surface area contributed by atoms with Crippen LogP contribution in [-0.2, 0) is 17.8 Å². The topological polar surface area (TPSA) is 62.1 Å². The average molecular weight is 451 g/mol. The molecule has 31 heavy (non-hydrogen) atoms. The van der Waals surface area contributed by atoms with E-state index in [1.807, 2.05) is 49.4 Å². The van der Waals surface area contributed by atoms with Crippen molar-refractivity contribution in [1.82, 2.24) is 0 Å². The summed E-state index contributed by atoms with van der Waals surface area (Å²) in [5.41, 5.74) is 3.06. The Labute approximate surface area is 191 Å². The molecule has 0 heterocycles. The van der Waals surface area contributed by atoms with Crippen molar-refractivity contribution in [2.24, 2.45) is 0 Å². The number of para-hydroxylation sites is 2. The molecule has 4 nitrogen and oxygen atoms in total. The molecule has 0 bridgehead atoms. The largest absolute Gasteiger partial charge is 0.488 e. The summed E-state index contributed by atoms with van der Waals surface area (Å²) in [5.74, 6) is 0.0574. The number of ether oxygens (including phenoxy) is 1. The Kier molecular flexibility index (Phi) is 7.72. The number of carbonyl (C=O) groups excluding carboxylic acids is 1. The van der Waals surface area contributed by atoms with Gasteiger partial charge in [0.05, 0.1) is 0 Å². The van der Waals surface area contributed by atoms with Crippen LogP contribution in [0.2, 0.25) is 10.0 Å². The number of nitriles is 1. The van der Waals surface area contributed by atoms with E-state index in [1.54, 1.807) is 30.3 Å². The van der Waals surface area contributed by atoms with Crippen LogP contribution in [0.4, 0.5) is 5.69 Å². The third-order valence-corrected chi connectivity index (χ3v) is 5.22. The maximum atomic E-state index is 12.7. The van der Waals surface area contributed by atoms with E-state index in [2.05, 4.69) is 5.32 Å². The zero-order valence-electron chi connectivity index (χ0n) is 16.9. The molecule has 0 aliphatic carbocycles. The molecule has 3 aromatic carbocycles. The minimum atomic E-state index is -0.473. The van der Waals surface area contributed by atoms with Crippen molar-refractivity contribution in [3.8, 4) is 11.8 Å². The molecule has 0 aliphatic heterocycles. The summed E-state index contributed by atoms with van der Waals surface area (Å²) in [6, 6.07) is 21.9. The molecule has 1 amide bonds. The molecule has 3 rings (SSSR count). The number of aryl methyl sites for hydroxylation is 1. The number of anilines is 1. The predicted molar refractivity (Wildman–Crippen MR) is 125 cm³/mol. The van der Waals surface area contributed by atoms with Gasteiger partial charge in [0, 0.05) is 26.9 Å². The van der Waals surface area contributed by atoms with Crippen molar-refractivity contribution in [3.63, 3.8) is 0 Å². The number of nitrogens with one attached hydrogen (secondary N) is 1. The molecule has 0 radical (unpaired) electrons. The molecule has 1 N–H and O–H groups in total. The molecule has 156 valence electrons. The van der Waals surface area contributed by atoms with Crippen LogP contribution in [0.15, 0.2) is 72.3 Å². The van der Waals surface area contributed by atoms with Crippen LogP contribution in [0.25, 0.3) is 6.08 Å². The Morgan fingerprint density at radius 3 is 2.55 bits per heavy atom. The van der Waals surface area contributed by atoms with E-state index in [-0.39, 0.29) is 12.2 Å². The quantitative estimate of drug-likeness (QED) is 0.322. The molecule has 0 fully saturated rings. The van der Waals surface area contributed by atoms with E-state index in [1.165, 1.54) is 6.08 Å². The smallest absolute Gasteiger partial charge is 0.266 e. The van der Waals surface area contributed by atoms with Crippen LogP contribution in [0.5, 0.6) is 5.75 Å². The van der Waals surface area contributed by atoms with E-state index < -0.39 is 5.91 Å². The number of benzene rings is 3. The number of hydrogen-bond donors (Lipinski definition) is 1. The molecule has 0 saturated heterocycles. The molecule has 3 aromatic rings. The van der Waals surface area contributed by atoms with Crippen molar-refractivity contribution >= 4 is 40.9 Å². The van der Waals surface area contributed by atoms with Gasteiger partial charge in [0.15, 0.2) is 0 Å². The maximum absolute atomic E-state index is 12.7. The summed E-state index contributed by atoms with van der Waals surface area (Å²) >= 11 is 12.2.